The molecule has 1 aromatic carbocycles. The maximum Gasteiger partial charge on any atom is 0.238 e. The van der Waals surface area contributed by atoms with E-state index >= 15 is 0 Å². The van der Waals surface area contributed by atoms with Crippen LogP contribution in [0.5, 0.6) is 0 Å². The van der Waals surface area contributed by atoms with Crippen molar-refractivity contribution in [2.75, 3.05) is 17.6 Å². The van der Waals surface area contributed by atoms with Crippen molar-refractivity contribution >= 4 is 21.4 Å². The van der Waals surface area contributed by atoms with Crippen LogP contribution < -0.4 is 16.2 Å². The summed E-state index contributed by atoms with van der Waals surface area (Å²) >= 11 is 0. The zero-order valence-corrected chi connectivity index (χ0v) is 11.6. The van der Waals surface area contributed by atoms with E-state index in [2.05, 4.69) is 10.3 Å². The third-order valence-electron chi connectivity index (χ3n) is 2.81. The number of nitrogens with zero attached hydrogens (tertiary/aromatic N) is 1. The van der Waals surface area contributed by atoms with Crippen molar-refractivity contribution < 1.29 is 8.42 Å². The van der Waals surface area contributed by atoms with Gasteiger partial charge in [0.25, 0.3) is 0 Å². The maximum absolute atomic E-state index is 11.3. The molecule has 1 heterocycles. The highest BCUT2D eigenvalue weighted by atomic mass is 32.2. The number of rotatable bonds is 5. The minimum atomic E-state index is -3.72. The molecule has 7 heteroatoms. The van der Waals surface area contributed by atoms with Gasteiger partial charge in [-0.05, 0) is 36.2 Å². The highest BCUT2D eigenvalue weighted by Crippen LogP contribution is 2.22. The lowest BCUT2D eigenvalue weighted by atomic mass is 10.2. The topological polar surface area (TPSA) is 111 Å². The number of hydrogen-bond acceptors (Lipinski definition) is 5. The van der Waals surface area contributed by atoms with Gasteiger partial charge >= 0.3 is 0 Å². The van der Waals surface area contributed by atoms with Crippen LogP contribution in [0.3, 0.4) is 0 Å². The Bertz CT molecular complexity index is 687. The molecular weight excluding hydrogens is 276 g/mol. The van der Waals surface area contributed by atoms with Gasteiger partial charge in [-0.1, -0.05) is 6.07 Å². The van der Waals surface area contributed by atoms with E-state index in [1.165, 1.54) is 18.2 Å². The molecule has 0 bridgehead atoms. The predicted molar refractivity (Wildman–Crippen MR) is 78.7 cm³/mol. The number of primary sulfonamides is 1. The summed E-state index contributed by atoms with van der Waals surface area (Å²) in [6, 6.07) is 8.18. The first kappa shape index (κ1) is 14.3. The first-order valence-electron chi connectivity index (χ1n) is 6.02. The molecular formula is C13H16N4O2S. The van der Waals surface area contributed by atoms with E-state index in [0.29, 0.717) is 17.9 Å². The Morgan fingerprint density at radius 1 is 1.25 bits per heavy atom. The van der Waals surface area contributed by atoms with Crippen molar-refractivity contribution in [2.45, 2.75) is 11.3 Å². The summed E-state index contributed by atoms with van der Waals surface area (Å²) in [5, 5.41) is 8.19. The zero-order chi connectivity index (χ0) is 14.6. The van der Waals surface area contributed by atoms with Crippen molar-refractivity contribution in [2.24, 2.45) is 5.14 Å². The average molecular weight is 292 g/mol. The molecule has 0 spiro atoms. The molecule has 106 valence electrons. The lowest BCUT2D eigenvalue weighted by Crippen LogP contribution is -2.13. The van der Waals surface area contributed by atoms with E-state index in [0.717, 1.165) is 12.0 Å². The van der Waals surface area contributed by atoms with Crippen LogP contribution >= 0.6 is 0 Å². The van der Waals surface area contributed by atoms with Crippen molar-refractivity contribution in [1.29, 1.82) is 0 Å². The molecule has 5 N–H and O–H groups in total. The third-order valence-corrected chi connectivity index (χ3v) is 3.72. The van der Waals surface area contributed by atoms with E-state index in [1.807, 2.05) is 12.1 Å². The summed E-state index contributed by atoms with van der Waals surface area (Å²) in [7, 11) is -3.72. The number of sulfonamides is 1. The Balaban J connectivity index is 2.06. The van der Waals surface area contributed by atoms with Gasteiger partial charge in [0.05, 0.1) is 16.3 Å². The summed E-state index contributed by atoms with van der Waals surface area (Å²) < 4.78 is 22.6. The molecule has 0 atom stereocenters. The van der Waals surface area contributed by atoms with E-state index in [1.54, 1.807) is 12.4 Å². The number of aromatic nitrogens is 1. The molecule has 1 aromatic heterocycles. The van der Waals surface area contributed by atoms with Gasteiger partial charge in [-0.3, -0.25) is 4.98 Å². The van der Waals surface area contributed by atoms with Gasteiger partial charge in [-0.15, -0.1) is 0 Å². The van der Waals surface area contributed by atoms with Crippen LogP contribution in [-0.4, -0.2) is 19.9 Å². The van der Waals surface area contributed by atoms with Crippen LogP contribution in [0.15, 0.2) is 47.6 Å². The SMILES string of the molecule is Nc1ccc(S(N)(=O)=O)cc1NCCc1cccnc1. The summed E-state index contributed by atoms with van der Waals surface area (Å²) in [5.41, 5.74) is 7.92. The van der Waals surface area contributed by atoms with Crippen molar-refractivity contribution in [1.82, 2.24) is 4.98 Å². The van der Waals surface area contributed by atoms with Gasteiger partial charge < -0.3 is 11.1 Å². The first-order chi connectivity index (χ1) is 9.47. The fourth-order valence-corrected chi connectivity index (χ4v) is 2.29. The van der Waals surface area contributed by atoms with Crippen molar-refractivity contribution in [3.05, 3.63) is 48.3 Å². The molecule has 20 heavy (non-hydrogen) atoms. The Labute approximate surface area is 117 Å². The molecule has 0 aliphatic carbocycles. The van der Waals surface area contributed by atoms with E-state index in [4.69, 9.17) is 10.9 Å². The lowest BCUT2D eigenvalue weighted by Gasteiger charge is -2.10. The number of nitrogens with two attached hydrogens (primary N) is 2. The van der Waals surface area contributed by atoms with Gasteiger partial charge in [0, 0.05) is 18.9 Å². The Morgan fingerprint density at radius 2 is 2.05 bits per heavy atom. The standard InChI is InChI=1S/C13H16N4O2S/c14-12-4-3-11(20(15,18)19)8-13(12)17-7-5-10-2-1-6-16-9-10/h1-4,6,8-9,17H,5,7,14H2,(H2,15,18,19). The number of hydrogen-bond donors (Lipinski definition) is 3. The zero-order valence-electron chi connectivity index (χ0n) is 10.8. The number of pyridine rings is 1. The molecule has 0 radical (unpaired) electrons. The van der Waals surface area contributed by atoms with Gasteiger partial charge in [-0.25, -0.2) is 13.6 Å². The van der Waals surface area contributed by atoms with E-state index in [9.17, 15) is 8.42 Å². The van der Waals surface area contributed by atoms with Gasteiger partial charge in [0.15, 0.2) is 0 Å². The predicted octanol–water partition coefficient (Wildman–Crippen LogP) is 0.966. The largest absolute Gasteiger partial charge is 0.397 e. The number of benzene rings is 1. The van der Waals surface area contributed by atoms with Crippen molar-refractivity contribution in [3.8, 4) is 0 Å². The molecule has 2 aromatic rings. The van der Waals surface area contributed by atoms with Crippen LogP contribution in [0.2, 0.25) is 0 Å². The molecule has 0 aliphatic heterocycles. The Kier molecular flexibility index (Phi) is 4.21. The second-order valence-corrected chi connectivity index (χ2v) is 5.89. The number of nitrogen functional groups attached to an aromatic ring is 1. The maximum atomic E-state index is 11.3. The third kappa shape index (κ3) is 3.69. The Hall–Kier alpha value is -2.12. The summed E-state index contributed by atoms with van der Waals surface area (Å²) in [5.74, 6) is 0. The minimum Gasteiger partial charge on any atom is -0.397 e. The Morgan fingerprint density at radius 3 is 2.70 bits per heavy atom. The fourth-order valence-electron chi connectivity index (χ4n) is 1.75. The van der Waals surface area contributed by atoms with Gasteiger partial charge in [0.2, 0.25) is 10.0 Å². The highest BCUT2D eigenvalue weighted by molar-refractivity contribution is 7.89. The van der Waals surface area contributed by atoms with Crippen molar-refractivity contribution in [3.63, 3.8) is 0 Å². The average Bonchev–Trinajstić information content (AvgIpc) is 2.41. The normalized spacial score (nSPS) is 11.2. The minimum absolute atomic E-state index is 0.0376. The molecule has 0 unspecified atom stereocenters. The molecule has 0 aliphatic rings. The van der Waals surface area contributed by atoms with Crippen LogP contribution in [0.25, 0.3) is 0 Å². The summed E-state index contributed by atoms with van der Waals surface area (Å²) in [6.45, 7) is 0.615. The first-order valence-corrected chi connectivity index (χ1v) is 7.56. The number of nitrogens with one attached hydrogen (secondary N) is 1. The van der Waals surface area contributed by atoms with E-state index in [-0.39, 0.29) is 4.90 Å². The van der Waals surface area contributed by atoms with Crippen LogP contribution in [0, 0.1) is 0 Å². The van der Waals surface area contributed by atoms with Crippen LogP contribution in [-0.2, 0) is 16.4 Å². The van der Waals surface area contributed by atoms with Crippen LogP contribution in [0.4, 0.5) is 11.4 Å². The molecule has 0 saturated heterocycles. The van der Waals surface area contributed by atoms with E-state index < -0.39 is 10.0 Å². The summed E-state index contributed by atoms with van der Waals surface area (Å²) in [6.07, 6.45) is 4.25. The molecule has 0 saturated carbocycles. The summed E-state index contributed by atoms with van der Waals surface area (Å²) in [4.78, 5) is 4.06. The highest BCUT2D eigenvalue weighted by Gasteiger charge is 2.10. The second kappa shape index (κ2) is 5.89. The monoisotopic (exact) mass is 292 g/mol. The van der Waals surface area contributed by atoms with Gasteiger partial charge in [0.1, 0.15) is 0 Å². The number of anilines is 2. The second-order valence-electron chi connectivity index (χ2n) is 4.33. The fraction of sp³-hybridized carbons (Fsp3) is 0.154. The lowest BCUT2D eigenvalue weighted by molar-refractivity contribution is 0.598. The van der Waals surface area contributed by atoms with Crippen LogP contribution in [0.1, 0.15) is 5.56 Å². The molecule has 0 fully saturated rings. The molecule has 6 nitrogen and oxygen atoms in total. The quantitative estimate of drug-likeness (QED) is 0.711. The molecule has 0 amide bonds. The molecule has 2 rings (SSSR count). The smallest absolute Gasteiger partial charge is 0.238 e. The van der Waals surface area contributed by atoms with Gasteiger partial charge in [-0.2, -0.15) is 0 Å².